The second-order valence-electron chi connectivity index (χ2n) is 13.8. The molecule has 4 rings (SSSR count). The number of H-pyrrole nitrogens is 1. The number of carbonyl (C=O) groups excluding carboxylic acids is 4. The Bertz CT molecular complexity index is 1630. The van der Waals surface area contributed by atoms with Crippen molar-refractivity contribution < 1.29 is 37.5 Å². The molecule has 13 heteroatoms. The van der Waals surface area contributed by atoms with Crippen LogP contribution >= 0.6 is 0 Å². The van der Waals surface area contributed by atoms with Crippen LogP contribution in [0, 0.1) is 35.5 Å². The van der Waals surface area contributed by atoms with Gasteiger partial charge in [-0.2, -0.15) is 0 Å². The van der Waals surface area contributed by atoms with Crippen molar-refractivity contribution in [2.24, 2.45) is 28.6 Å². The Morgan fingerprint density at radius 2 is 1.85 bits per heavy atom. The molecule has 5 N–H and O–H groups in total. The minimum Gasteiger partial charge on any atom is -0.481 e. The summed E-state index contributed by atoms with van der Waals surface area (Å²) in [6.07, 6.45) is 3.11. The highest BCUT2D eigenvalue weighted by Gasteiger charge is 2.65. The highest BCUT2D eigenvalue weighted by atomic mass is 32.2. The van der Waals surface area contributed by atoms with Crippen LogP contribution in [-0.2, 0) is 40.4 Å². The number of hydrogen-bond donors (Lipinski definition) is 5. The van der Waals surface area contributed by atoms with Crippen molar-refractivity contribution in [1.29, 1.82) is 0 Å². The minimum absolute atomic E-state index is 0.0849. The Morgan fingerprint density at radius 3 is 2.46 bits per heavy atom. The molecule has 2 bridgehead atoms. The van der Waals surface area contributed by atoms with Gasteiger partial charge in [-0.15, -0.1) is 0 Å². The number of sulfonamides is 1. The molecule has 0 aliphatic heterocycles. The maximum Gasteiger partial charge on any atom is 0.305 e. The van der Waals surface area contributed by atoms with Gasteiger partial charge in [0.1, 0.15) is 5.78 Å². The molecule has 1 heterocycles. The summed E-state index contributed by atoms with van der Waals surface area (Å²) in [4.78, 5) is 66.8. The van der Waals surface area contributed by atoms with Gasteiger partial charge in [0.2, 0.25) is 21.8 Å². The van der Waals surface area contributed by atoms with E-state index in [1.165, 1.54) is 0 Å². The number of hydrogen-bond acceptors (Lipinski definition) is 7. The Kier molecular flexibility index (Phi) is 10.5. The van der Waals surface area contributed by atoms with E-state index < -0.39 is 69.2 Å². The third kappa shape index (κ3) is 7.35. The summed E-state index contributed by atoms with van der Waals surface area (Å²) in [5, 5.41) is 15.8. The van der Waals surface area contributed by atoms with Crippen molar-refractivity contribution in [3.8, 4) is 0 Å². The third-order valence-corrected chi connectivity index (χ3v) is 11.9. The SMILES string of the molecule is Cc1cccc2c(CCNC(=O)CC(C(=O)NC(CC(=O)O)C(=O)CNS(=O)(=O)CC34CCC(CC3=O)C4(C)C)C(C)C)c[nH]c12. The predicted molar refractivity (Wildman–Crippen MR) is 172 cm³/mol. The molecule has 0 saturated heterocycles. The number of amides is 2. The monoisotopic (exact) mass is 658 g/mol. The molecule has 2 aromatic rings. The standard InChI is InChI=1S/C33H46N4O8S/c1-19(2)24(14-28(40)34-12-10-21-16-35-30-20(3)7-6-8-23(21)30)31(43)37-25(15-29(41)42)26(38)17-36-46(44,45)18-33-11-9-22(13-27(33)39)32(33,4)5/h6-8,16,19,22,24-25,35-36H,9-15,17-18H2,1-5H3,(H,34,40)(H,37,43)(H,41,42). The number of carboxylic acid groups (broad SMARTS) is 1. The van der Waals surface area contributed by atoms with Gasteiger partial charge in [-0.25, -0.2) is 13.1 Å². The fourth-order valence-electron chi connectivity index (χ4n) is 7.30. The van der Waals surface area contributed by atoms with Crippen molar-refractivity contribution in [1.82, 2.24) is 20.3 Å². The van der Waals surface area contributed by atoms with Gasteiger partial charge in [0.25, 0.3) is 0 Å². The Labute approximate surface area is 269 Å². The van der Waals surface area contributed by atoms with E-state index in [2.05, 4.69) is 20.3 Å². The molecule has 2 saturated carbocycles. The van der Waals surface area contributed by atoms with Crippen LogP contribution in [0.15, 0.2) is 24.4 Å². The summed E-state index contributed by atoms with van der Waals surface area (Å²) < 4.78 is 28.4. The van der Waals surface area contributed by atoms with E-state index in [-0.39, 0.29) is 29.9 Å². The lowest BCUT2D eigenvalue weighted by Crippen LogP contribution is -2.51. The van der Waals surface area contributed by atoms with Gasteiger partial charge in [0, 0.05) is 47.8 Å². The van der Waals surface area contributed by atoms with Crippen LogP contribution in [0.25, 0.3) is 10.9 Å². The number of ketones is 2. The molecule has 4 unspecified atom stereocenters. The van der Waals surface area contributed by atoms with Crippen molar-refractivity contribution >= 4 is 50.3 Å². The highest BCUT2D eigenvalue weighted by molar-refractivity contribution is 7.89. The highest BCUT2D eigenvalue weighted by Crippen LogP contribution is 2.64. The zero-order valence-corrected chi connectivity index (χ0v) is 28.0. The van der Waals surface area contributed by atoms with Crippen molar-refractivity contribution in [2.75, 3.05) is 18.8 Å². The van der Waals surface area contributed by atoms with Crippen LogP contribution in [0.5, 0.6) is 0 Å². The second kappa shape index (κ2) is 13.6. The molecule has 0 spiro atoms. The summed E-state index contributed by atoms with van der Waals surface area (Å²) in [6.45, 7) is 8.92. The molecule has 2 amide bonds. The largest absolute Gasteiger partial charge is 0.481 e. The number of aliphatic carboxylic acids is 1. The fourth-order valence-corrected chi connectivity index (χ4v) is 9.09. The molecule has 1 aromatic heterocycles. The first kappa shape index (κ1) is 35.3. The number of fused-ring (bicyclic) bond motifs is 3. The topological polar surface area (TPSA) is 192 Å². The second-order valence-corrected chi connectivity index (χ2v) is 15.6. The summed E-state index contributed by atoms with van der Waals surface area (Å²) in [5.41, 5.74) is 1.69. The van der Waals surface area contributed by atoms with E-state index in [9.17, 15) is 37.5 Å². The smallest absolute Gasteiger partial charge is 0.305 e. The molecule has 0 radical (unpaired) electrons. The summed E-state index contributed by atoms with van der Waals surface area (Å²) >= 11 is 0. The van der Waals surface area contributed by atoms with Gasteiger partial charge in [0.15, 0.2) is 5.78 Å². The van der Waals surface area contributed by atoms with Gasteiger partial charge in [-0.1, -0.05) is 45.9 Å². The zero-order chi connectivity index (χ0) is 34.0. The molecule has 252 valence electrons. The van der Waals surface area contributed by atoms with E-state index in [0.29, 0.717) is 25.8 Å². The van der Waals surface area contributed by atoms with Crippen LogP contribution in [0.2, 0.25) is 0 Å². The number of aromatic nitrogens is 1. The number of carboxylic acids is 1. The van der Waals surface area contributed by atoms with Crippen molar-refractivity contribution in [2.45, 2.75) is 79.2 Å². The fraction of sp³-hybridized carbons (Fsp3) is 0.606. The molecule has 46 heavy (non-hydrogen) atoms. The lowest BCUT2D eigenvalue weighted by Gasteiger charge is -2.36. The van der Waals surface area contributed by atoms with Crippen LogP contribution in [0.3, 0.4) is 0 Å². The van der Waals surface area contributed by atoms with Crippen LogP contribution in [0.4, 0.5) is 0 Å². The number of rotatable bonds is 16. The molecule has 2 aliphatic carbocycles. The van der Waals surface area contributed by atoms with E-state index in [1.807, 2.05) is 45.2 Å². The van der Waals surface area contributed by atoms with E-state index in [1.54, 1.807) is 13.8 Å². The Morgan fingerprint density at radius 1 is 1.13 bits per heavy atom. The summed E-state index contributed by atoms with van der Waals surface area (Å²) in [7, 11) is -4.09. The molecule has 2 aliphatic rings. The number of aromatic amines is 1. The van der Waals surface area contributed by atoms with Crippen molar-refractivity contribution in [3.63, 3.8) is 0 Å². The maximum atomic E-state index is 13.3. The third-order valence-electron chi connectivity index (χ3n) is 10.4. The quantitative estimate of drug-likeness (QED) is 0.182. The average molecular weight is 659 g/mol. The molecule has 2 fully saturated rings. The van der Waals surface area contributed by atoms with Gasteiger partial charge < -0.3 is 20.7 Å². The number of nitrogens with one attached hydrogen (secondary N) is 4. The van der Waals surface area contributed by atoms with E-state index >= 15 is 0 Å². The molecular weight excluding hydrogens is 612 g/mol. The van der Waals surface area contributed by atoms with Crippen LogP contribution in [-0.4, -0.2) is 72.7 Å². The van der Waals surface area contributed by atoms with Crippen LogP contribution < -0.4 is 15.4 Å². The number of aryl methyl sites for hydroxylation is 1. The lowest BCUT2D eigenvalue weighted by atomic mass is 9.70. The molecule has 4 atom stereocenters. The summed E-state index contributed by atoms with van der Waals surface area (Å²) in [5.74, 6) is -4.82. The van der Waals surface area contributed by atoms with Crippen molar-refractivity contribution in [3.05, 3.63) is 35.5 Å². The number of Topliss-reactive ketones (excluding diaryl/α,β-unsaturated/α-hetero) is 2. The Balaban J connectivity index is 1.33. The first-order chi connectivity index (χ1) is 21.5. The van der Waals surface area contributed by atoms with E-state index in [4.69, 9.17) is 0 Å². The zero-order valence-electron chi connectivity index (χ0n) is 27.2. The van der Waals surface area contributed by atoms with Gasteiger partial charge in [-0.3, -0.25) is 24.0 Å². The first-order valence-corrected chi connectivity index (χ1v) is 17.5. The number of benzene rings is 1. The van der Waals surface area contributed by atoms with Crippen LogP contribution in [0.1, 0.15) is 70.9 Å². The lowest BCUT2D eigenvalue weighted by molar-refractivity contribution is -0.141. The molecular formula is C33H46N4O8S. The van der Waals surface area contributed by atoms with Gasteiger partial charge >= 0.3 is 5.97 Å². The number of para-hydroxylation sites is 1. The number of carbonyl (C=O) groups is 5. The first-order valence-electron chi connectivity index (χ1n) is 15.8. The Hall–Kier alpha value is -3.58. The molecule has 12 nitrogen and oxygen atoms in total. The average Bonchev–Trinajstić information content (AvgIpc) is 3.54. The minimum atomic E-state index is -4.09. The van der Waals surface area contributed by atoms with E-state index in [0.717, 1.165) is 28.5 Å². The van der Waals surface area contributed by atoms with Gasteiger partial charge in [-0.05, 0) is 54.6 Å². The maximum absolute atomic E-state index is 13.3. The molecule has 1 aromatic carbocycles. The summed E-state index contributed by atoms with van der Waals surface area (Å²) in [6, 6.07) is 4.48. The predicted octanol–water partition coefficient (Wildman–Crippen LogP) is 2.64. The van der Waals surface area contributed by atoms with Gasteiger partial charge in [0.05, 0.1) is 24.8 Å². The normalized spacial score (nSPS) is 21.8.